The predicted octanol–water partition coefficient (Wildman–Crippen LogP) is -1.31. The Bertz CT molecular complexity index is 295. The average molecular weight is 206 g/mol. The zero-order valence-electron chi connectivity index (χ0n) is 5.17. The molecule has 0 aliphatic heterocycles. The van der Waals surface area contributed by atoms with Gasteiger partial charge in [-0.15, -0.1) is 4.33 Å². The van der Waals surface area contributed by atoms with Crippen molar-refractivity contribution in [2.75, 3.05) is 11.5 Å². The van der Waals surface area contributed by atoms with Crippen LogP contribution in [-0.4, -0.2) is 38.2 Å². The van der Waals surface area contributed by atoms with Gasteiger partial charge in [0, 0.05) is 0 Å². The molecule has 0 aliphatic carbocycles. The molecule has 0 unspecified atom stereocenters. The molecule has 0 saturated heterocycles. The van der Waals surface area contributed by atoms with Gasteiger partial charge in [-0.25, -0.2) is 5.26 Å². The molecule has 9 heteroatoms. The molecule has 0 aromatic rings. The van der Waals surface area contributed by atoms with Crippen LogP contribution in [0, 0.1) is 0 Å². The monoisotopic (exact) mass is 206 g/mol. The first-order valence-corrected chi connectivity index (χ1v) is 5.46. The first kappa shape index (κ1) is 10.8. The molecule has 0 rings (SSSR count). The summed E-state index contributed by atoms with van der Waals surface area (Å²) >= 11 is 0. The van der Waals surface area contributed by atoms with Gasteiger partial charge in [0.25, 0.3) is 20.2 Å². The Hall–Kier alpha value is -0.220. The average Bonchev–Trinajstić information content (AvgIpc) is 1.83. The number of hydrogen-bond donors (Lipinski definition) is 2. The summed E-state index contributed by atoms with van der Waals surface area (Å²) in [6, 6.07) is 0. The zero-order valence-corrected chi connectivity index (χ0v) is 6.80. The van der Waals surface area contributed by atoms with E-state index >= 15 is 0 Å². The molecule has 2 N–H and O–H groups in total. The summed E-state index contributed by atoms with van der Waals surface area (Å²) in [5.41, 5.74) is 0. The highest BCUT2D eigenvalue weighted by Crippen LogP contribution is 1.92. The molecule has 0 radical (unpaired) electrons. The lowest BCUT2D eigenvalue weighted by molar-refractivity contribution is -0.130. The van der Waals surface area contributed by atoms with Crippen LogP contribution in [0.1, 0.15) is 0 Å². The highest BCUT2D eigenvalue weighted by molar-refractivity contribution is 7.90. The normalized spacial score (nSPS) is 13.3. The summed E-state index contributed by atoms with van der Waals surface area (Å²) in [6.07, 6.45) is 0. The molecule has 0 saturated carbocycles. The van der Waals surface area contributed by atoms with Crippen LogP contribution in [0.4, 0.5) is 0 Å². The van der Waals surface area contributed by atoms with E-state index in [1.54, 1.807) is 0 Å². The molecular weight excluding hydrogens is 200 g/mol. The first-order valence-electron chi connectivity index (χ1n) is 2.28. The minimum Gasteiger partial charge on any atom is -0.286 e. The summed E-state index contributed by atoms with van der Waals surface area (Å²) in [7, 11) is -8.57. The van der Waals surface area contributed by atoms with Crippen molar-refractivity contribution >= 4 is 20.2 Å². The van der Waals surface area contributed by atoms with Crippen molar-refractivity contribution in [2.45, 2.75) is 0 Å². The summed E-state index contributed by atoms with van der Waals surface area (Å²) in [4.78, 5) is 0. The SMILES string of the molecule is O=S(=O)(O)CCS(=O)(=O)OO. The molecule has 0 spiro atoms. The van der Waals surface area contributed by atoms with E-state index in [1.807, 2.05) is 0 Å². The van der Waals surface area contributed by atoms with E-state index in [-0.39, 0.29) is 0 Å². The van der Waals surface area contributed by atoms with Gasteiger partial charge in [-0.2, -0.15) is 16.8 Å². The van der Waals surface area contributed by atoms with Crippen LogP contribution in [0.2, 0.25) is 0 Å². The quantitative estimate of drug-likeness (QED) is 0.333. The summed E-state index contributed by atoms with van der Waals surface area (Å²) in [5, 5.41) is 7.63. The maximum Gasteiger partial charge on any atom is 0.294 e. The third kappa shape index (κ3) is 6.19. The molecule has 0 amide bonds. The second kappa shape index (κ2) is 3.45. The van der Waals surface area contributed by atoms with Gasteiger partial charge in [-0.05, 0) is 0 Å². The van der Waals surface area contributed by atoms with E-state index in [1.165, 1.54) is 0 Å². The zero-order chi connectivity index (χ0) is 9.12. The molecule has 7 nitrogen and oxygen atoms in total. The van der Waals surface area contributed by atoms with E-state index in [4.69, 9.17) is 9.81 Å². The Morgan fingerprint density at radius 1 is 1.09 bits per heavy atom. The smallest absolute Gasteiger partial charge is 0.286 e. The van der Waals surface area contributed by atoms with Crippen molar-refractivity contribution in [3.05, 3.63) is 0 Å². The molecule has 68 valence electrons. The van der Waals surface area contributed by atoms with Gasteiger partial charge in [0.15, 0.2) is 0 Å². The maximum atomic E-state index is 10.2. The fraction of sp³-hybridized carbons (Fsp3) is 1.00. The Morgan fingerprint density at radius 3 is 1.82 bits per heavy atom. The summed E-state index contributed by atoms with van der Waals surface area (Å²) < 4.78 is 51.3. The van der Waals surface area contributed by atoms with Crippen LogP contribution in [0.3, 0.4) is 0 Å². The van der Waals surface area contributed by atoms with Gasteiger partial charge in [0.1, 0.15) is 0 Å². The minimum atomic E-state index is -4.34. The van der Waals surface area contributed by atoms with Crippen molar-refractivity contribution in [3.8, 4) is 0 Å². The van der Waals surface area contributed by atoms with Crippen LogP contribution >= 0.6 is 0 Å². The standard InChI is InChI=1S/C2H6O7S2/c3-9-11(7,8)2-1-10(4,5)6/h3H,1-2H2,(H,4,5,6). The van der Waals surface area contributed by atoms with Crippen molar-refractivity contribution in [2.24, 2.45) is 0 Å². The van der Waals surface area contributed by atoms with Gasteiger partial charge in [0.2, 0.25) is 0 Å². The molecule has 0 heterocycles. The van der Waals surface area contributed by atoms with E-state index in [0.29, 0.717) is 0 Å². The first-order chi connectivity index (χ1) is 4.77. The summed E-state index contributed by atoms with van der Waals surface area (Å²) in [5.74, 6) is -1.99. The molecule has 0 aromatic carbocycles. The van der Waals surface area contributed by atoms with E-state index in [9.17, 15) is 16.8 Å². The van der Waals surface area contributed by atoms with Gasteiger partial charge < -0.3 is 0 Å². The lowest BCUT2D eigenvalue weighted by Gasteiger charge is -1.95. The van der Waals surface area contributed by atoms with Crippen LogP contribution in [0.5, 0.6) is 0 Å². The van der Waals surface area contributed by atoms with E-state index in [2.05, 4.69) is 4.33 Å². The van der Waals surface area contributed by atoms with Crippen LogP contribution < -0.4 is 0 Å². The van der Waals surface area contributed by atoms with Crippen LogP contribution in [0.15, 0.2) is 0 Å². The minimum absolute atomic E-state index is 0.984. The van der Waals surface area contributed by atoms with Gasteiger partial charge in [0.05, 0.1) is 11.5 Å². The highest BCUT2D eigenvalue weighted by Gasteiger charge is 2.15. The van der Waals surface area contributed by atoms with Crippen molar-refractivity contribution in [1.82, 2.24) is 0 Å². The third-order valence-corrected chi connectivity index (χ3v) is 2.61. The second-order valence-electron chi connectivity index (χ2n) is 1.62. The Balaban J connectivity index is 4.13. The third-order valence-electron chi connectivity index (χ3n) is 0.705. The number of hydrogen-bond acceptors (Lipinski definition) is 6. The second-order valence-corrected chi connectivity index (χ2v) is 4.87. The predicted molar refractivity (Wildman–Crippen MR) is 33.9 cm³/mol. The van der Waals surface area contributed by atoms with Crippen molar-refractivity contribution in [3.63, 3.8) is 0 Å². The van der Waals surface area contributed by atoms with Gasteiger partial charge in [-0.1, -0.05) is 0 Å². The highest BCUT2D eigenvalue weighted by atomic mass is 32.2. The largest absolute Gasteiger partial charge is 0.294 e. The van der Waals surface area contributed by atoms with Gasteiger partial charge >= 0.3 is 0 Å². The fourth-order valence-corrected chi connectivity index (χ4v) is 1.98. The van der Waals surface area contributed by atoms with E-state index in [0.717, 1.165) is 0 Å². The molecule has 0 aliphatic rings. The number of rotatable bonds is 4. The molecule has 0 aromatic heterocycles. The Kier molecular flexibility index (Phi) is 3.38. The molecule has 0 fully saturated rings. The maximum absolute atomic E-state index is 10.2. The molecule has 0 bridgehead atoms. The molecule has 11 heavy (non-hydrogen) atoms. The van der Waals surface area contributed by atoms with Crippen molar-refractivity contribution < 1.29 is 31.0 Å². The Labute approximate surface area is 63.4 Å². The topological polar surface area (TPSA) is 118 Å². The van der Waals surface area contributed by atoms with E-state index < -0.39 is 31.7 Å². The van der Waals surface area contributed by atoms with Crippen molar-refractivity contribution in [1.29, 1.82) is 0 Å². The summed E-state index contributed by atoms with van der Waals surface area (Å²) in [6.45, 7) is 0. The fourth-order valence-electron chi connectivity index (χ4n) is 0.245. The van der Waals surface area contributed by atoms with Crippen LogP contribution in [-0.2, 0) is 24.6 Å². The lowest BCUT2D eigenvalue weighted by Crippen LogP contribution is -2.17. The lowest BCUT2D eigenvalue weighted by atomic mass is 11.0. The molecule has 0 atom stereocenters. The van der Waals surface area contributed by atoms with Gasteiger partial charge in [-0.3, -0.25) is 4.55 Å². The Morgan fingerprint density at radius 2 is 1.55 bits per heavy atom. The molecular formula is C2H6O7S2. The van der Waals surface area contributed by atoms with Crippen LogP contribution in [0.25, 0.3) is 0 Å².